The van der Waals surface area contributed by atoms with Crippen molar-refractivity contribution < 1.29 is 4.74 Å². The smallest absolute Gasteiger partial charge is 0.119 e. The van der Waals surface area contributed by atoms with Crippen molar-refractivity contribution in [1.82, 2.24) is 4.98 Å². The zero-order chi connectivity index (χ0) is 14.4. The fourth-order valence-electron chi connectivity index (χ4n) is 2.99. The van der Waals surface area contributed by atoms with E-state index in [-0.39, 0.29) is 0 Å². The average Bonchev–Trinajstić information content (AvgIpc) is 2.87. The van der Waals surface area contributed by atoms with Crippen molar-refractivity contribution in [2.24, 2.45) is 5.11 Å². The maximum Gasteiger partial charge on any atom is 0.119 e. The van der Waals surface area contributed by atoms with Gasteiger partial charge in [-0.2, -0.15) is 5.11 Å². The van der Waals surface area contributed by atoms with Crippen LogP contribution in [0.5, 0.6) is 5.75 Å². The molecule has 2 N–H and O–H groups in total. The Morgan fingerprint density at radius 2 is 1.90 bits per heavy atom. The summed E-state index contributed by atoms with van der Waals surface area (Å²) >= 11 is 0. The van der Waals surface area contributed by atoms with Crippen molar-refractivity contribution in [1.29, 1.82) is 5.53 Å². The minimum Gasteiger partial charge on any atom is -0.497 e. The quantitative estimate of drug-likeness (QED) is 0.491. The van der Waals surface area contributed by atoms with Crippen LogP contribution in [0.25, 0.3) is 32.8 Å². The van der Waals surface area contributed by atoms with Crippen LogP contribution < -0.4 is 4.74 Å². The minimum atomic E-state index is 0.698. The Morgan fingerprint density at radius 1 is 1.05 bits per heavy atom. The Hall–Kier alpha value is -2.88. The fourth-order valence-corrected chi connectivity index (χ4v) is 2.99. The molecule has 0 atom stereocenters. The first-order chi connectivity index (χ1) is 10.3. The van der Waals surface area contributed by atoms with Crippen molar-refractivity contribution in [3.05, 3.63) is 48.7 Å². The maximum absolute atomic E-state index is 7.60. The Balaban J connectivity index is 2.26. The molecule has 2 aromatic rings. The second kappa shape index (κ2) is 4.31. The molecule has 1 aliphatic heterocycles. The normalized spacial score (nSPS) is 11.3. The van der Waals surface area contributed by atoms with Crippen molar-refractivity contribution in [3.63, 3.8) is 0 Å². The van der Waals surface area contributed by atoms with E-state index in [1.54, 1.807) is 7.11 Å². The molecule has 0 aromatic heterocycles. The summed E-state index contributed by atoms with van der Waals surface area (Å²) in [5, 5.41) is 6.90. The number of ether oxygens (including phenoxy) is 1. The summed E-state index contributed by atoms with van der Waals surface area (Å²) in [4.78, 5) is 3.32. The molecule has 2 aliphatic rings. The lowest BCUT2D eigenvalue weighted by atomic mass is 10.0. The Bertz CT molecular complexity index is 955. The number of aromatic nitrogens is 1. The minimum absolute atomic E-state index is 0.698. The average molecular weight is 275 g/mol. The van der Waals surface area contributed by atoms with Crippen LogP contribution in [0, 0.1) is 5.53 Å². The van der Waals surface area contributed by atoms with Crippen LogP contribution >= 0.6 is 0 Å². The van der Waals surface area contributed by atoms with Gasteiger partial charge in [0, 0.05) is 33.6 Å². The van der Waals surface area contributed by atoms with Crippen molar-refractivity contribution in [3.8, 4) is 16.9 Å². The van der Waals surface area contributed by atoms with Crippen LogP contribution in [-0.2, 0) is 0 Å². The number of rotatable bonds is 2. The molecule has 0 spiro atoms. The number of hydrogen-bond acceptors (Lipinski definition) is 3. The van der Waals surface area contributed by atoms with Crippen LogP contribution in [0.2, 0.25) is 0 Å². The van der Waals surface area contributed by atoms with Crippen molar-refractivity contribution >= 4 is 27.4 Å². The highest BCUT2D eigenvalue weighted by Crippen LogP contribution is 2.48. The number of H-pyrrole nitrogens is 1. The van der Waals surface area contributed by atoms with E-state index < -0.39 is 0 Å². The number of para-hydroxylation sites is 1. The molecule has 0 unspecified atom stereocenters. The van der Waals surface area contributed by atoms with Gasteiger partial charge in [-0.1, -0.05) is 18.2 Å². The maximum atomic E-state index is 7.60. The molecular weight excluding hydrogens is 262 g/mol. The number of fused-ring (bicyclic) bond motifs is 5. The van der Waals surface area contributed by atoms with Gasteiger partial charge in [-0.15, -0.1) is 0 Å². The fraction of sp³-hybridized carbons (Fsp3) is 0.0588. The third-order valence-electron chi connectivity index (χ3n) is 3.96. The highest BCUT2D eigenvalue weighted by atomic mass is 16.5. The number of benzene rings is 2. The van der Waals surface area contributed by atoms with Gasteiger partial charge < -0.3 is 9.72 Å². The molecule has 1 heterocycles. The van der Waals surface area contributed by atoms with Crippen LogP contribution in [-0.4, -0.2) is 12.1 Å². The van der Waals surface area contributed by atoms with Crippen molar-refractivity contribution in [2.75, 3.05) is 7.11 Å². The number of hydrogen-bond donors (Lipinski definition) is 2. The summed E-state index contributed by atoms with van der Waals surface area (Å²) in [6.07, 6.45) is 1.99. The summed E-state index contributed by atoms with van der Waals surface area (Å²) in [5.41, 5.74) is 11.4. The summed E-state index contributed by atoms with van der Waals surface area (Å²) in [5.74, 6) is 0.774. The van der Waals surface area contributed by atoms with E-state index in [2.05, 4.69) is 16.2 Å². The SMILES string of the molecule is COc1ccc2c3c[nH]c4ccccc4c-3c(N=N)c2c1. The van der Waals surface area contributed by atoms with Gasteiger partial charge in [-0.3, -0.25) is 0 Å². The topological polar surface area (TPSA) is 61.2 Å². The number of methoxy groups -OCH3 is 1. The lowest BCUT2D eigenvalue weighted by Gasteiger charge is -2.06. The standard InChI is InChI=1S/C17H13N3O/c1-21-10-6-7-11-13(8-10)17(20-18)16-12-4-2-3-5-15(12)19-9-14(11)16/h2-9,18-19H,1H3. The molecule has 0 bridgehead atoms. The van der Waals surface area contributed by atoms with Crippen LogP contribution in [0.4, 0.5) is 5.69 Å². The second-order valence-corrected chi connectivity index (χ2v) is 4.99. The third-order valence-corrected chi connectivity index (χ3v) is 3.96. The van der Waals surface area contributed by atoms with Gasteiger partial charge in [0.1, 0.15) is 11.4 Å². The first-order valence-corrected chi connectivity index (χ1v) is 6.70. The summed E-state index contributed by atoms with van der Waals surface area (Å²) < 4.78 is 5.29. The van der Waals surface area contributed by atoms with Gasteiger partial charge >= 0.3 is 0 Å². The van der Waals surface area contributed by atoms with Gasteiger partial charge in [0.05, 0.1) is 7.11 Å². The first-order valence-electron chi connectivity index (χ1n) is 6.70. The highest BCUT2D eigenvalue weighted by molar-refractivity contribution is 6.18. The molecule has 0 saturated heterocycles. The molecular formula is C17H13N3O. The zero-order valence-electron chi connectivity index (χ0n) is 11.5. The molecule has 0 saturated carbocycles. The van der Waals surface area contributed by atoms with E-state index in [9.17, 15) is 0 Å². The number of pyridine rings is 1. The molecule has 2 aromatic carbocycles. The largest absolute Gasteiger partial charge is 0.497 e. The molecule has 0 amide bonds. The Labute approximate surface area is 121 Å². The predicted molar refractivity (Wildman–Crippen MR) is 83.8 cm³/mol. The Morgan fingerprint density at radius 3 is 2.71 bits per heavy atom. The summed E-state index contributed by atoms with van der Waals surface area (Å²) in [6, 6.07) is 14.0. The van der Waals surface area contributed by atoms with Crippen LogP contribution in [0.1, 0.15) is 0 Å². The van der Waals surface area contributed by atoms with Gasteiger partial charge in [0.2, 0.25) is 0 Å². The lowest BCUT2D eigenvalue weighted by Crippen LogP contribution is -1.83. The second-order valence-electron chi connectivity index (χ2n) is 4.99. The van der Waals surface area contributed by atoms with Gasteiger partial charge in [-0.05, 0) is 29.7 Å². The van der Waals surface area contributed by atoms with Gasteiger partial charge in [-0.25, -0.2) is 5.53 Å². The molecule has 4 rings (SSSR count). The van der Waals surface area contributed by atoms with E-state index in [0.29, 0.717) is 5.69 Å². The molecule has 102 valence electrons. The molecule has 4 nitrogen and oxygen atoms in total. The monoisotopic (exact) mass is 275 g/mol. The van der Waals surface area contributed by atoms with Gasteiger partial charge in [0.25, 0.3) is 0 Å². The molecule has 1 aliphatic carbocycles. The van der Waals surface area contributed by atoms with Crippen LogP contribution in [0.15, 0.2) is 53.8 Å². The third kappa shape index (κ3) is 1.56. The summed E-state index contributed by atoms with van der Waals surface area (Å²) in [7, 11) is 1.64. The van der Waals surface area contributed by atoms with E-state index in [1.807, 2.05) is 42.6 Å². The summed E-state index contributed by atoms with van der Waals surface area (Å²) in [6.45, 7) is 0. The first kappa shape index (κ1) is 11.9. The van der Waals surface area contributed by atoms with Gasteiger partial charge in [0.15, 0.2) is 0 Å². The number of nitrogens with one attached hydrogen (secondary N) is 2. The Kier molecular flexibility index (Phi) is 2.44. The molecule has 4 heteroatoms. The van der Waals surface area contributed by atoms with E-state index >= 15 is 0 Å². The lowest BCUT2D eigenvalue weighted by molar-refractivity contribution is 0.415. The van der Waals surface area contributed by atoms with E-state index in [0.717, 1.165) is 38.6 Å². The van der Waals surface area contributed by atoms with E-state index in [4.69, 9.17) is 10.3 Å². The van der Waals surface area contributed by atoms with E-state index in [1.165, 1.54) is 0 Å². The van der Waals surface area contributed by atoms with Crippen molar-refractivity contribution in [2.45, 2.75) is 0 Å². The predicted octanol–water partition coefficient (Wildman–Crippen LogP) is 5.10. The molecule has 0 fully saturated rings. The molecule has 21 heavy (non-hydrogen) atoms. The number of aromatic amines is 1. The highest BCUT2D eigenvalue weighted by Gasteiger charge is 2.20. The van der Waals surface area contributed by atoms with Crippen LogP contribution in [0.3, 0.4) is 0 Å². The zero-order valence-corrected chi connectivity index (χ0v) is 11.5. The number of nitrogens with zero attached hydrogens (tertiary/aromatic N) is 1. The molecule has 0 radical (unpaired) electrons.